The maximum Gasteiger partial charge on any atom is 0.0465 e. The first-order chi connectivity index (χ1) is 37.5. The first kappa shape index (κ1) is 45.9. The zero-order valence-electron chi connectivity index (χ0n) is 43.8. The second kappa shape index (κ2) is 18.0. The number of hydrogen-bond acceptors (Lipinski definition) is 2. The van der Waals surface area contributed by atoms with E-state index in [4.69, 9.17) is 0 Å². The minimum Gasteiger partial charge on any atom is -0.310 e. The Kier molecular flexibility index (Phi) is 10.9. The van der Waals surface area contributed by atoms with E-state index in [0.29, 0.717) is 0 Å². The first-order valence-electron chi connectivity index (χ1n) is 27.6. The molecule has 0 amide bonds. The number of rotatable bonds is 12. The highest BCUT2D eigenvalue weighted by Gasteiger charge is 2.43. The summed E-state index contributed by atoms with van der Waals surface area (Å²) in [6.45, 7) is 9.53. The first-order valence-corrected chi connectivity index (χ1v) is 27.6. The number of hydrogen-bond donors (Lipinski definition) is 0. The third-order valence-corrected chi connectivity index (χ3v) is 18.0. The van der Waals surface area contributed by atoms with E-state index in [9.17, 15) is 0 Å². The maximum absolute atomic E-state index is 2.55. The molecule has 0 aliphatic heterocycles. The smallest absolute Gasteiger partial charge is 0.0465 e. The number of fused-ring (bicyclic) bond motifs is 6. The second-order valence-corrected chi connectivity index (χ2v) is 21.2. The van der Waals surface area contributed by atoms with E-state index in [1.165, 1.54) is 110 Å². The van der Waals surface area contributed by atoms with Crippen molar-refractivity contribution in [3.8, 4) is 44.5 Å². The van der Waals surface area contributed by atoms with E-state index in [1.54, 1.807) is 0 Å². The van der Waals surface area contributed by atoms with Gasteiger partial charge in [0, 0.05) is 45.0 Å². The van der Waals surface area contributed by atoms with Crippen molar-refractivity contribution in [1.29, 1.82) is 0 Å². The van der Waals surface area contributed by atoms with Crippen LogP contribution in [0.25, 0.3) is 76.8 Å². The van der Waals surface area contributed by atoms with Gasteiger partial charge in [-0.1, -0.05) is 185 Å². The normalized spacial score (nSPS) is 13.7. The van der Waals surface area contributed by atoms with Crippen molar-refractivity contribution >= 4 is 66.4 Å². The third-order valence-electron chi connectivity index (χ3n) is 18.0. The summed E-state index contributed by atoms with van der Waals surface area (Å²) in [6.07, 6.45) is 4.07. The summed E-state index contributed by atoms with van der Waals surface area (Å²) in [5, 5.41) is 7.87. The van der Waals surface area contributed by atoms with Gasteiger partial charge in [-0.05, 0) is 210 Å². The number of nitrogens with zero attached hydrogens (tertiary/aromatic N) is 2. The summed E-state index contributed by atoms with van der Waals surface area (Å²) in [5.74, 6) is 0. The number of benzene rings is 12. The predicted octanol–water partition coefficient (Wildman–Crippen LogP) is 21.0. The molecule has 2 aliphatic rings. The summed E-state index contributed by atoms with van der Waals surface area (Å²) in [4.78, 5) is 4.80. The average Bonchev–Trinajstić information content (AvgIpc) is 4.09. The van der Waals surface area contributed by atoms with Gasteiger partial charge in [-0.15, -0.1) is 0 Å². The summed E-state index contributed by atoms with van der Waals surface area (Å²) >= 11 is 0. The molecule has 14 rings (SSSR count). The summed E-state index contributed by atoms with van der Waals surface area (Å²) in [6, 6.07) is 91.2. The van der Waals surface area contributed by atoms with Crippen LogP contribution in [0, 0.1) is 0 Å². The van der Waals surface area contributed by atoms with E-state index in [2.05, 4.69) is 280 Å². The van der Waals surface area contributed by atoms with Crippen LogP contribution < -0.4 is 9.80 Å². The monoisotopic (exact) mass is 976 g/mol. The van der Waals surface area contributed by atoms with E-state index in [0.717, 1.165) is 48.4 Å². The van der Waals surface area contributed by atoms with Gasteiger partial charge in [-0.3, -0.25) is 0 Å². The predicted molar refractivity (Wildman–Crippen MR) is 324 cm³/mol. The fraction of sp³-hybridized carbons (Fsp3) is 0.135. The Morgan fingerprint density at radius 1 is 0.263 bits per heavy atom. The summed E-state index contributed by atoms with van der Waals surface area (Å²) in [5.41, 5.74) is 23.0. The molecule has 0 unspecified atom stereocenters. The fourth-order valence-electron chi connectivity index (χ4n) is 14.1. The standard InChI is InChI=1S/C74H60N2/c1-5-73(6-2)67-45-51(33-39-61(67)63-43-35-57(47-69(63)73)75(53-21-13-9-14-22-53)54-23-15-10-16-24-54)59-37-29-49-32-42-66-60(38-30-50-31-41-65(59)71(49)72(50)66)52-34-40-62-64-44-36-58(48-70(64)74(7-3,8-4)68(62)46-52)76(55-25-17-11-18-26-55)56-27-19-12-20-28-56/h9-48H,5-8H2,1-4H3. The van der Waals surface area contributed by atoms with Crippen LogP contribution in [0.3, 0.4) is 0 Å². The zero-order chi connectivity index (χ0) is 51.1. The third kappa shape index (κ3) is 6.79. The fourth-order valence-corrected chi connectivity index (χ4v) is 14.1. The molecule has 0 fully saturated rings. The zero-order valence-corrected chi connectivity index (χ0v) is 43.8. The van der Waals surface area contributed by atoms with Crippen molar-refractivity contribution < 1.29 is 0 Å². The Hall–Kier alpha value is -8.72. The van der Waals surface area contributed by atoms with Crippen LogP contribution in [-0.2, 0) is 10.8 Å². The lowest BCUT2D eigenvalue weighted by Gasteiger charge is -2.32. The van der Waals surface area contributed by atoms with Crippen LogP contribution >= 0.6 is 0 Å². The number of anilines is 6. The molecule has 0 saturated carbocycles. The maximum atomic E-state index is 2.55. The molecule has 0 bridgehead atoms. The largest absolute Gasteiger partial charge is 0.310 e. The lowest BCUT2D eigenvalue weighted by Crippen LogP contribution is -2.23. The van der Waals surface area contributed by atoms with Crippen molar-refractivity contribution in [1.82, 2.24) is 0 Å². The highest BCUT2D eigenvalue weighted by molar-refractivity contribution is 6.27. The average molecular weight is 977 g/mol. The van der Waals surface area contributed by atoms with Gasteiger partial charge in [0.1, 0.15) is 0 Å². The van der Waals surface area contributed by atoms with E-state index < -0.39 is 0 Å². The molecule has 76 heavy (non-hydrogen) atoms. The minimum atomic E-state index is -0.119. The Labute approximate surface area is 447 Å². The highest BCUT2D eigenvalue weighted by atomic mass is 15.1. The molecular formula is C74H60N2. The molecular weight excluding hydrogens is 917 g/mol. The van der Waals surface area contributed by atoms with Crippen LogP contribution in [0.1, 0.15) is 75.6 Å². The van der Waals surface area contributed by atoms with Gasteiger partial charge in [-0.25, -0.2) is 0 Å². The Bertz CT molecular complexity index is 3800. The number of para-hydroxylation sites is 4. The van der Waals surface area contributed by atoms with E-state index in [1.807, 2.05) is 0 Å². The molecule has 12 aromatic rings. The van der Waals surface area contributed by atoms with Gasteiger partial charge in [0.05, 0.1) is 0 Å². The lowest BCUT2D eigenvalue weighted by molar-refractivity contribution is 0.490. The van der Waals surface area contributed by atoms with Crippen LogP contribution in [0.4, 0.5) is 34.1 Å². The van der Waals surface area contributed by atoms with Crippen molar-refractivity contribution in [2.24, 2.45) is 0 Å². The topological polar surface area (TPSA) is 6.48 Å². The quantitative estimate of drug-likeness (QED) is 0.113. The summed E-state index contributed by atoms with van der Waals surface area (Å²) < 4.78 is 0. The van der Waals surface area contributed by atoms with E-state index in [-0.39, 0.29) is 10.8 Å². The molecule has 0 aromatic heterocycles. The SMILES string of the molecule is CCC1(CC)c2cc(-c3ccc4ccc5c(-c6ccc7c(c6)C(CC)(CC)c6cc(N(c8ccccc8)c8ccccc8)ccc6-7)ccc6ccc3c4c65)ccc2-c2ccc(N(c3ccccc3)c3ccccc3)cc21. The highest BCUT2D eigenvalue weighted by Crippen LogP contribution is 2.57. The lowest BCUT2D eigenvalue weighted by atomic mass is 9.73. The molecule has 2 nitrogen and oxygen atoms in total. The molecule has 0 N–H and O–H groups in total. The van der Waals surface area contributed by atoms with Crippen molar-refractivity contribution in [3.63, 3.8) is 0 Å². The molecule has 0 atom stereocenters. The Balaban J connectivity index is 0.860. The van der Waals surface area contributed by atoms with Gasteiger partial charge in [-0.2, -0.15) is 0 Å². The van der Waals surface area contributed by atoms with Crippen LogP contribution in [0.15, 0.2) is 243 Å². The van der Waals surface area contributed by atoms with Crippen molar-refractivity contribution in [2.45, 2.75) is 64.2 Å². The van der Waals surface area contributed by atoms with Crippen LogP contribution in [0.2, 0.25) is 0 Å². The molecule has 0 saturated heterocycles. The van der Waals surface area contributed by atoms with Crippen LogP contribution in [0.5, 0.6) is 0 Å². The Morgan fingerprint density at radius 3 is 0.882 bits per heavy atom. The van der Waals surface area contributed by atoms with Gasteiger partial charge in [0.15, 0.2) is 0 Å². The molecule has 12 aromatic carbocycles. The van der Waals surface area contributed by atoms with Gasteiger partial charge in [0.25, 0.3) is 0 Å². The second-order valence-electron chi connectivity index (χ2n) is 21.2. The summed E-state index contributed by atoms with van der Waals surface area (Å²) in [7, 11) is 0. The van der Waals surface area contributed by atoms with Gasteiger partial charge < -0.3 is 9.80 Å². The van der Waals surface area contributed by atoms with Crippen molar-refractivity contribution in [2.75, 3.05) is 9.80 Å². The molecule has 0 heterocycles. The molecule has 2 heteroatoms. The molecule has 0 radical (unpaired) electrons. The molecule has 366 valence electrons. The van der Waals surface area contributed by atoms with Crippen LogP contribution in [-0.4, -0.2) is 0 Å². The van der Waals surface area contributed by atoms with Crippen molar-refractivity contribution in [3.05, 3.63) is 265 Å². The van der Waals surface area contributed by atoms with E-state index >= 15 is 0 Å². The minimum absolute atomic E-state index is 0.119. The van der Waals surface area contributed by atoms with Gasteiger partial charge >= 0.3 is 0 Å². The Morgan fingerprint density at radius 2 is 0.553 bits per heavy atom. The molecule has 0 spiro atoms. The molecule has 2 aliphatic carbocycles. The van der Waals surface area contributed by atoms with Gasteiger partial charge in [0.2, 0.25) is 0 Å².